The molecule has 13 nitrogen and oxygen atoms in total. The molecule has 2 aromatic carbocycles. The summed E-state index contributed by atoms with van der Waals surface area (Å²) < 4.78 is 0. The van der Waals surface area contributed by atoms with Crippen molar-refractivity contribution in [2.24, 2.45) is 4.99 Å². The molecule has 13 heteroatoms. The number of nitrogens with one attached hydrogen (secondary N) is 2. The maximum atomic E-state index is 13.4. The van der Waals surface area contributed by atoms with Crippen molar-refractivity contribution in [3.63, 3.8) is 0 Å². The fourth-order valence-corrected chi connectivity index (χ4v) is 6.59. The summed E-state index contributed by atoms with van der Waals surface area (Å²) in [4.78, 5) is 83.6. The molecule has 0 radical (unpaired) electrons. The van der Waals surface area contributed by atoms with E-state index < -0.39 is 47.7 Å². The summed E-state index contributed by atoms with van der Waals surface area (Å²) in [5, 5.41) is 25.8. The monoisotopic (exact) mass is 627 g/mol. The smallest absolute Gasteiger partial charge is 0.264 e. The van der Waals surface area contributed by atoms with Crippen LogP contribution in [0, 0.1) is 0 Å². The fraction of sp³-hybridized carbons (Fsp3) is 0.364. The Morgan fingerprint density at radius 3 is 2.54 bits per heavy atom. The summed E-state index contributed by atoms with van der Waals surface area (Å²) in [5.74, 6) is -3.45. The number of amides is 5. The largest absolute Gasteiger partial charge is 0.511 e. The number of imide groups is 2. The van der Waals surface area contributed by atoms with Crippen molar-refractivity contribution in [3.8, 4) is 0 Å². The van der Waals surface area contributed by atoms with Crippen LogP contribution in [-0.2, 0) is 19.2 Å². The summed E-state index contributed by atoms with van der Waals surface area (Å²) in [7, 11) is 0. The standard InChI is InChI=1S/C33H33N5O8/c39-20-15-25(37(17-20)12-11-34-16-22-26(40)13-19(14-27(22)41)18-5-2-1-3-6-18)31(44)35-23-8-4-7-21-29(23)33(46)38(32(21)45)24-9-10-28(42)36-30(24)43/h1-8,16,19-20,24-25,39-40H,9-15,17H2,(H,35,44)(H,36,42,43)/t19?,20-,24?,25-/m0/s1. The van der Waals surface area contributed by atoms with Crippen LogP contribution in [0.5, 0.6) is 0 Å². The molecule has 2 saturated heterocycles. The van der Waals surface area contributed by atoms with Gasteiger partial charge in [-0.3, -0.25) is 48.9 Å². The number of aliphatic hydroxyl groups excluding tert-OH is 2. The van der Waals surface area contributed by atoms with Crippen LogP contribution < -0.4 is 10.6 Å². The molecule has 0 spiro atoms. The number of likely N-dealkylation sites (tertiary alicyclic amines) is 1. The second kappa shape index (κ2) is 12.8. The number of allylic oxidation sites excluding steroid dienone is 2. The van der Waals surface area contributed by atoms with Gasteiger partial charge in [-0.15, -0.1) is 0 Å². The maximum Gasteiger partial charge on any atom is 0.264 e. The van der Waals surface area contributed by atoms with Crippen molar-refractivity contribution in [2.75, 3.05) is 25.0 Å². The lowest BCUT2D eigenvalue weighted by Crippen LogP contribution is -2.54. The zero-order chi connectivity index (χ0) is 32.5. The minimum absolute atomic E-state index is 0.00843. The van der Waals surface area contributed by atoms with Gasteiger partial charge in [0, 0.05) is 38.6 Å². The number of carbonyl (C=O) groups is 6. The van der Waals surface area contributed by atoms with Gasteiger partial charge in [0.2, 0.25) is 17.7 Å². The van der Waals surface area contributed by atoms with Gasteiger partial charge < -0.3 is 15.5 Å². The normalized spacial score (nSPS) is 25.4. The molecule has 0 aromatic heterocycles. The van der Waals surface area contributed by atoms with Gasteiger partial charge in [-0.05, 0) is 36.5 Å². The van der Waals surface area contributed by atoms with Crippen molar-refractivity contribution >= 4 is 47.2 Å². The lowest BCUT2D eigenvalue weighted by molar-refractivity contribution is -0.136. The topological polar surface area (TPSA) is 186 Å². The zero-order valence-corrected chi connectivity index (χ0v) is 24.8. The van der Waals surface area contributed by atoms with Gasteiger partial charge in [-0.25, -0.2) is 0 Å². The van der Waals surface area contributed by atoms with Gasteiger partial charge in [-0.2, -0.15) is 0 Å². The summed E-state index contributed by atoms with van der Waals surface area (Å²) >= 11 is 0. The number of anilines is 1. The highest BCUT2D eigenvalue weighted by Gasteiger charge is 2.46. The molecule has 4 atom stereocenters. The minimum atomic E-state index is -1.14. The molecule has 6 rings (SSSR count). The van der Waals surface area contributed by atoms with Crippen molar-refractivity contribution < 1.29 is 39.0 Å². The average molecular weight is 628 g/mol. The van der Waals surface area contributed by atoms with E-state index in [1.54, 1.807) is 4.90 Å². The van der Waals surface area contributed by atoms with Crippen LogP contribution >= 0.6 is 0 Å². The van der Waals surface area contributed by atoms with Gasteiger partial charge in [-0.1, -0.05) is 36.4 Å². The highest BCUT2D eigenvalue weighted by molar-refractivity contribution is 6.26. The Morgan fingerprint density at radius 2 is 1.80 bits per heavy atom. The predicted molar refractivity (Wildman–Crippen MR) is 164 cm³/mol. The summed E-state index contributed by atoms with van der Waals surface area (Å²) in [6, 6.07) is 12.1. The van der Waals surface area contributed by atoms with E-state index in [0.717, 1.165) is 10.5 Å². The quantitative estimate of drug-likeness (QED) is 0.249. The number of carbonyl (C=O) groups excluding carboxylic acids is 6. The molecule has 3 aliphatic heterocycles. The summed E-state index contributed by atoms with van der Waals surface area (Å²) in [6.07, 6.45) is 1.30. The number of benzene rings is 2. The lowest BCUT2D eigenvalue weighted by Gasteiger charge is -2.27. The number of hydrogen-bond donors (Lipinski definition) is 4. The second-order valence-electron chi connectivity index (χ2n) is 11.9. The third kappa shape index (κ3) is 5.98. The molecule has 1 aliphatic carbocycles. The molecule has 3 heterocycles. The molecule has 2 aromatic rings. The highest BCUT2D eigenvalue weighted by Crippen LogP contribution is 2.34. The number of rotatable bonds is 8. The number of aliphatic hydroxyl groups is 2. The summed E-state index contributed by atoms with van der Waals surface area (Å²) in [6.45, 7) is 0.665. The van der Waals surface area contributed by atoms with E-state index in [9.17, 15) is 39.0 Å². The molecule has 2 fully saturated rings. The molecule has 4 N–H and O–H groups in total. The van der Waals surface area contributed by atoms with Crippen LogP contribution in [0.3, 0.4) is 0 Å². The molecule has 238 valence electrons. The third-order valence-corrected chi connectivity index (χ3v) is 8.90. The number of hydrogen-bond acceptors (Lipinski definition) is 10. The predicted octanol–water partition coefficient (Wildman–Crippen LogP) is 1.49. The first-order valence-corrected chi connectivity index (χ1v) is 15.2. The van der Waals surface area contributed by atoms with Crippen LogP contribution in [0.25, 0.3) is 0 Å². The minimum Gasteiger partial charge on any atom is -0.511 e. The lowest BCUT2D eigenvalue weighted by atomic mass is 9.83. The maximum absolute atomic E-state index is 13.4. The molecule has 2 unspecified atom stereocenters. The van der Waals surface area contributed by atoms with Crippen molar-refractivity contribution in [1.82, 2.24) is 15.1 Å². The molecule has 4 aliphatic rings. The first-order chi connectivity index (χ1) is 22.1. The number of nitrogens with zero attached hydrogens (tertiary/aromatic N) is 3. The molecule has 5 amide bonds. The van der Waals surface area contributed by atoms with E-state index >= 15 is 0 Å². The van der Waals surface area contributed by atoms with E-state index in [1.165, 1.54) is 24.4 Å². The zero-order valence-electron chi connectivity index (χ0n) is 24.8. The van der Waals surface area contributed by atoms with Crippen molar-refractivity contribution in [3.05, 3.63) is 76.6 Å². The third-order valence-electron chi connectivity index (χ3n) is 8.90. The Kier molecular flexibility index (Phi) is 8.61. The average Bonchev–Trinajstić information content (AvgIpc) is 3.53. The van der Waals surface area contributed by atoms with Crippen LogP contribution in [0.1, 0.15) is 64.3 Å². The van der Waals surface area contributed by atoms with Crippen LogP contribution in [0.2, 0.25) is 0 Å². The van der Waals surface area contributed by atoms with E-state index in [-0.39, 0.29) is 85.2 Å². The van der Waals surface area contributed by atoms with E-state index in [1.807, 2.05) is 30.3 Å². The van der Waals surface area contributed by atoms with Gasteiger partial charge >= 0.3 is 0 Å². The van der Waals surface area contributed by atoms with Gasteiger partial charge in [0.25, 0.3) is 11.8 Å². The highest BCUT2D eigenvalue weighted by atomic mass is 16.3. The molecular weight excluding hydrogens is 594 g/mol. The number of fused-ring (bicyclic) bond motifs is 1. The van der Waals surface area contributed by atoms with Gasteiger partial charge in [0.1, 0.15) is 11.8 Å². The Morgan fingerprint density at radius 1 is 1.02 bits per heavy atom. The molecule has 46 heavy (non-hydrogen) atoms. The molecular formula is C33H33N5O8. The number of piperidine rings is 1. The van der Waals surface area contributed by atoms with E-state index in [4.69, 9.17) is 0 Å². The van der Waals surface area contributed by atoms with Crippen molar-refractivity contribution in [2.45, 2.75) is 56.2 Å². The van der Waals surface area contributed by atoms with E-state index in [2.05, 4.69) is 15.6 Å². The number of Topliss-reactive ketones (excluding diaryl/α,β-unsaturated/α-hetero) is 1. The van der Waals surface area contributed by atoms with Gasteiger partial charge in [0.15, 0.2) is 5.78 Å². The number of ketones is 1. The Labute approximate surface area is 264 Å². The summed E-state index contributed by atoms with van der Waals surface area (Å²) in [5.41, 5.74) is 1.25. The Hall–Kier alpha value is -5.01. The van der Waals surface area contributed by atoms with Crippen LogP contribution in [0.4, 0.5) is 5.69 Å². The Balaban J connectivity index is 1.10. The SMILES string of the molecule is O=C1CCC(N2C(=O)c3cccc(NC(=O)[C@@H]4C[C@H](O)CN4CCN=CC4=C(O)CC(c5ccccc5)CC4=O)c3C2=O)C(=O)N1. The first kappa shape index (κ1) is 31.0. The molecule has 0 saturated carbocycles. The Bertz CT molecular complexity index is 1690. The van der Waals surface area contributed by atoms with E-state index in [0.29, 0.717) is 6.42 Å². The van der Waals surface area contributed by atoms with Crippen molar-refractivity contribution in [1.29, 1.82) is 0 Å². The number of aliphatic imine (C=N–C) groups is 1. The van der Waals surface area contributed by atoms with Crippen LogP contribution in [0.15, 0.2) is 64.9 Å². The first-order valence-electron chi connectivity index (χ1n) is 15.2. The molecule has 0 bridgehead atoms. The van der Waals surface area contributed by atoms with Crippen LogP contribution in [-0.4, -0.2) is 99.4 Å². The van der Waals surface area contributed by atoms with Gasteiger partial charge in [0.05, 0.1) is 41.1 Å². The second-order valence-corrected chi connectivity index (χ2v) is 11.9. The fourth-order valence-electron chi connectivity index (χ4n) is 6.59. The number of β-amino-alcohol motifs (C(OH)–C–C–N with tert-alkyl or cyclic N) is 1.